The highest BCUT2D eigenvalue weighted by Gasteiger charge is 2.29. The second-order valence-corrected chi connectivity index (χ2v) is 7.16. The predicted molar refractivity (Wildman–Crippen MR) is 125 cm³/mol. The fraction of sp³-hybridized carbons (Fsp3) is 0.364. The molecular formula is C22H26F3IN4O. The molecule has 1 amide bonds. The topological polar surface area (TPSA) is 56.7 Å². The Bertz CT molecular complexity index is 900. The van der Waals surface area contributed by atoms with E-state index in [1.807, 2.05) is 29.2 Å². The van der Waals surface area contributed by atoms with Gasteiger partial charge in [-0.1, -0.05) is 36.4 Å². The number of carbonyl (C=O) groups excluding carboxylic acids is 1. The molecule has 1 heterocycles. The molecule has 0 saturated carbocycles. The molecule has 0 atom stereocenters. The molecule has 2 aromatic rings. The monoisotopic (exact) mass is 546 g/mol. The van der Waals surface area contributed by atoms with E-state index in [0.717, 1.165) is 41.8 Å². The van der Waals surface area contributed by atoms with Crippen LogP contribution in [-0.2, 0) is 30.6 Å². The molecule has 3 rings (SSSR count). The summed E-state index contributed by atoms with van der Waals surface area (Å²) in [7, 11) is 1.64. The standard InChI is InChI=1S/C22H25F3N4O.HI/c1-26-21(27-13-16-8-10-19(11-9-16)22(23,24)25)28-14-17-5-2-3-6-18(17)15-29-12-4-7-20(29)30;/h2-3,5-6,8-11H,4,7,12-15H2,1H3,(H2,26,27,28);1H. The van der Waals surface area contributed by atoms with Crippen LogP contribution in [0.5, 0.6) is 0 Å². The fourth-order valence-corrected chi connectivity index (χ4v) is 3.36. The van der Waals surface area contributed by atoms with Crippen LogP contribution < -0.4 is 10.6 Å². The highest BCUT2D eigenvalue weighted by Crippen LogP contribution is 2.29. The fourth-order valence-electron chi connectivity index (χ4n) is 3.36. The number of halogens is 4. The summed E-state index contributed by atoms with van der Waals surface area (Å²) in [4.78, 5) is 18.0. The minimum absolute atomic E-state index is 0. The molecule has 0 bridgehead atoms. The summed E-state index contributed by atoms with van der Waals surface area (Å²) < 4.78 is 38.0. The molecule has 0 unspecified atom stereocenters. The number of benzene rings is 2. The number of aliphatic imine (C=N–C) groups is 1. The summed E-state index contributed by atoms with van der Waals surface area (Å²) in [5.41, 5.74) is 2.20. The lowest BCUT2D eigenvalue weighted by Gasteiger charge is -2.19. The van der Waals surface area contributed by atoms with Crippen LogP contribution in [0, 0.1) is 0 Å². The van der Waals surface area contributed by atoms with Gasteiger partial charge in [0.25, 0.3) is 0 Å². The maximum absolute atomic E-state index is 12.7. The first-order valence-electron chi connectivity index (χ1n) is 9.82. The van der Waals surface area contributed by atoms with Gasteiger partial charge in [0.2, 0.25) is 5.91 Å². The third-order valence-corrected chi connectivity index (χ3v) is 5.06. The van der Waals surface area contributed by atoms with E-state index < -0.39 is 11.7 Å². The summed E-state index contributed by atoms with van der Waals surface area (Å²) in [6, 6.07) is 13.0. The van der Waals surface area contributed by atoms with E-state index in [0.29, 0.717) is 32.0 Å². The first-order valence-corrected chi connectivity index (χ1v) is 9.82. The molecule has 1 aliphatic rings. The van der Waals surface area contributed by atoms with E-state index in [1.165, 1.54) is 12.1 Å². The van der Waals surface area contributed by atoms with Crippen LogP contribution in [0.4, 0.5) is 13.2 Å². The zero-order chi connectivity index (χ0) is 21.6. The Hall–Kier alpha value is -2.30. The predicted octanol–water partition coefficient (Wildman–Crippen LogP) is 4.31. The number of hydrogen-bond donors (Lipinski definition) is 2. The van der Waals surface area contributed by atoms with E-state index in [1.54, 1.807) is 7.05 Å². The molecule has 1 fully saturated rings. The van der Waals surface area contributed by atoms with Crippen molar-refractivity contribution < 1.29 is 18.0 Å². The van der Waals surface area contributed by atoms with Crippen molar-refractivity contribution in [2.45, 2.75) is 38.7 Å². The summed E-state index contributed by atoms with van der Waals surface area (Å²) >= 11 is 0. The Morgan fingerprint density at radius 3 is 2.26 bits per heavy atom. The van der Waals surface area contributed by atoms with Crippen molar-refractivity contribution in [3.63, 3.8) is 0 Å². The maximum atomic E-state index is 12.7. The highest BCUT2D eigenvalue weighted by atomic mass is 127. The van der Waals surface area contributed by atoms with Gasteiger partial charge in [-0.3, -0.25) is 9.79 Å². The van der Waals surface area contributed by atoms with Gasteiger partial charge in [-0.25, -0.2) is 0 Å². The molecule has 0 aromatic heterocycles. The number of amides is 1. The minimum Gasteiger partial charge on any atom is -0.352 e. The van der Waals surface area contributed by atoms with Gasteiger partial charge in [0.15, 0.2) is 5.96 Å². The third kappa shape index (κ3) is 7.12. The van der Waals surface area contributed by atoms with Gasteiger partial charge in [0, 0.05) is 39.6 Å². The molecule has 168 valence electrons. The highest BCUT2D eigenvalue weighted by molar-refractivity contribution is 14.0. The van der Waals surface area contributed by atoms with Crippen LogP contribution in [0.2, 0.25) is 0 Å². The maximum Gasteiger partial charge on any atom is 0.416 e. The molecule has 0 spiro atoms. The Labute approximate surface area is 197 Å². The van der Waals surface area contributed by atoms with Crippen LogP contribution >= 0.6 is 24.0 Å². The van der Waals surface area contributed by atoms with Gasteiger partial charge in [0.05, 0.1) is 5.56 Å². The molecule has 1 saturated heterocycles. The molecule has 2 aromatic carbocycles. The molecule has 9 heteroatoms. The number of nitrogens with one attached hydrogen (secondary N) is 2. The van der Waals surface area contributed by atoms with Gasteiger partial charge >= 0.3 is 6.18 Å². The number of carbonyl (C=O) groups is 1. The van der Waals surface area contributed by atoms with Gasteiger partial charge < -0.3 is 15.5 Å². The SMILES string of the molecule is CN=C(NCc1ccc(C(F)(F)F)cc1)NCc1ccccc1CN1CCCC1=O.I. The average molecular weight is 546 g/mol. The largest absolute Gasteiger partial charge is 0.416 e. The number of guanidine groups is 1. The lowest BCUT2D eigenvalue weighted by atomic mass is 10.1. The van der Waals surface area contributed by atoms with E-state index in [2.05, 4.69) is 15.6 Å². The molecule has 31 heavy (non-hydrogen) atoms. The van der Waals surface area contributed by atoms with Crippen LogP contribution in [-0.4, -0.2) is 30.4 Å². The quantitative estimate of drug-likeness (QED) is 0.323. The molecular weight excluding hydrogens is 520 g/mol. The van der Waals surface area contributed by atoms with Crippen molar-refractivity contribution in [1.29, 1.82) is 0 Å². The zero-order valence-corrected chi connectivity index (χ0v) is 19.5. The van der Waals surface area contributed by atoms with Crippen LogP contribution in [0.3, 0.4) is 0 Å². The molecule has 0 radical (unpaired) electrons. The smallest absolute Gasteiger partial charge is 0.352 e. The number of alkyl halides is 3. The van der Waals surface area contributed by atoms with Crippen molar-refractivity contribution in [3.05, 3.63) is 70.8 Å². The third-order valence-electron chi connectivity index (χ3n) is 5.06. The number of rotatable bonds is 6. The summed E-state index contributed by atoms with van der Waals surface area (Å²) in [5.74, 6) is 0.730. The first kappa shape index (κ1) is 25.0. The Morgan fingerprint density at radius 2 is 1.68 bits per heavy atom. The number of nitrogens with zero attached hydrogens (tertiary/aromatic N) is 2. The first-order chi connectivity index (χ1) is 14.4. The van der Waals surface area contributed by atoms with E-state index in [4.69, 9.17) is 0 Å². The summed E-state index contributed by atoms with van der Waals surface area (Å²) in [5, 5.41) is 6.33. The van der Waals surface area contributed by atoms with Gasteiger partial charge in [-0.2, -0.15) is 13.2 Å². The van der Waals surface area contributed by atoms with E-state index >= 15 is 0 Å². The second kappa shape index (κ2) is 11.4. The normalized spacial score (nSPS) is 14.4. The molecule has 2 N–H and O–H groups in total. The summed E-state index contributed by atoms with van der Waals surface area (Å²) in [6.45, 7) is 2.25. The van der Waals surface area contributed by atoms with Crippen molar-refractivity contribution in [1.82, 2.24) is 15.5 Å². The minimum atomic E-state index is -4.34. The van der Waals surface area contributed by atoms with Gasteiger partial charge in [-0.15, -0.1) is 24.0 Å². The van der Waals surface area contributed by atoms with Crippen molar-refractivity contribution >= 4 is 35.8 Å². The van der Waals surface area contributed by atoms with Crippen LogP contribution in [0.1, 0.15) is 35.1 Å². The van der Waals surface area contributed by atoms with Gasteiger partial charge in [-0.05, 0) is 35.2 Å². The lowest BCUT2D eigenvalue weighted by molar-refractivity contribution is -0.137. The van der Waals surface area contributed by atoms with E-state index in [9.17, 15) is 18.0 Å². The van der Waals surface area contributed by atoms with Crippen molar-refractivity contribution in [3.8, 4) is 0 Å². The second-order valence-electron chi connectivity index (χ2n) is 7.16. The Balaban J connectivity index is 0.00000341. The van der Waals surface area contributed by atoms with Crippen LogP contribution in [0.25, 0.3) is 0 Å². The van der Waals surface area contributed by atoms with E-state index in [-0.39, 0.29) is 29.9 Å². The summed E-state index contributed by atoms with van der Waals surface area (Å²) in [6.07, 6.45) is -2.82. The lowest BCUT2D eigenvalue weighted by Crippen LogP contribution is -2.36. The molecule has 1 aliphatic heterocycles. The van der Waals surface area contributed by atoms with Gasteiger partial charge in [0.1, 0.15) is 0 Å². The van der Waals surface area contributed by atoms with Crippen molar-refractivity contribution in [2.75, 3.05) is 13.6 Å². The molecule has 5 nitrogen and oxygen atoms in total. The Morgan fingerprint density at radius 1 is 1.03 bits per heavy atom. The Kier molecular flexibility index (Phi) is 9.15. The van der Waals surface area contributed by atoms with Crippen molar-refractivity contribution in [2.24, 2.45) is 4.99 Å². The number of hydrogen-bond acceptors (Lipinski definition) is 2. The number of likely N-dealkylation sites (tertiary alicyclic amines) is 1. The zero-order valence-electron chi connectivity index (χ0n) is 17.2. The van der Waals surface area contributed by atoms with Crippen LogP contribution in [0.15, 0.2) is 53.5 Å². The average Bonchev–Trinajstić information content (AvgIpc) is 3.13. The molecule has 0 aliphatic carbocycles.